The van der Waals surface area contributed by atoms with Crippen LogP contribution in [0.1, 0.15) is 31.6 Å². The van der Waals surface area contributed by atoms with E-state index in [9.17, 15) is 9.18 Å². The Morgan fingerprint density at radius 3 is 2.83 bits per heavy atom. The van der Waals surface area contributed by atoms with Crippen molar-refractivity contribution in [3.05, 3.63) is 47.7 Å². The third kappa shape index (κ3) is 3.20. The predicted octanol–water partition coefficient (Wildman–Crippen LogP) is 1.51. The monoisotopic (exact) mass is 398 g/mol. The topological polar surface area (TPSA) is 95.3 Å². The van der Waals surface area contributed by atoms with E-state index in [2.05, 4.69) is 26.2 Å². The molecule has 2 fully saturated rings. The SMILES string of the molecule is CC1NN2C(C3CCNCC3)=CC(=O)NC2C1c1nc(-c2ccccc2F)no1. The molecule has 1 amide bonds. The van der Waals surface area contributed by atoms with Gasteiger partial charge in [-0.25, -0.2) is 9.82 Å². The number of allylic oxidation sites excluding steroid dienone is 1. The first kappa shape index (κ1) is 18.3. The van der Waals surface area contributed by atoms with Crippen molar-refractivity contribution >= 4 is 5.91 Å². The minimum absolute atomic E-state index is 0.0440. The van der Waals surface area contributed by atoms with E-state index in [0.29, 0.717) is 17.4 Å². The molecule has 0 aliphatic carbocycles. The summed E-state index contributed by atoms with van der Waals surface area (Å²) in [5.74, 6) is 0.135. The molecule has 0 spiro atoms. The van der Waals surface area contributed by atoms with Crippen molar-refractivity contribution in [1.82, 2.24) is 31.2 Å². The van der Waals surface area contributed by atoms with Gasteiger partial charge in [-0.1, -0.05) is 17.3 Å². The second-order valence-corrected chi connectivity index (χ2v) is 7.80. The molecule has 0 bridgehead atoms. The third-order valence-electron chi connectivity index (χ3n) is 5.95. The minimum Gasteiger partial charge on any atom is -0.338 e. The number of hydrogen-bond acceptors (Lipinski definition) is 7. The Morgan fingerprint density at radius 2 is 2.03 bits per heavy atom. The molecule has 1 aromatic carbocycles. The number of fused-ring (bicyclic) bond motifs is 1. The maximum absolute atomic E-state index is 14.1. The number of halogens is 1. The molecule has 5 rings (SSSR count). The molecule has 2 saturated heterocycles. The van der Waals surface area contributed by atoms with Crippen molar-refractivity contribution in [1.29, 1.82) is 0 Å². The number of rotatable bonds is 3. The highest BCUT2D eigenvalue weighted by Gasteiger charge is 2.48. The van der Waals surface area contributed by atoms with Crippen LogP contribution in [-0.2, 0) is 4.79 Å². The molecule has 0 saturated carbocycles. The zero-order valence-corrected chi connectivity index (χ0v) is 16.1. The summed E-state index contributed by atoms with van der Waals surface area (Å²) in [4.78, 5) is 16.9. The number of carbonyl (C=O) groups is 1. The van der Waals surface area contributed by atoms with Gasteiger partial charge >= 0.3 is 0 Å². The highest BCUT2D eigenvalue weighted by atomic mass is 19.1. The summed E-state index contributed by atoms with van der Waals surface area (Å²) < 4.78 is 19.6. The molecule has 3 atom stereocenters. The Labute approximate surface area is 167 Å². The molecule has 4 heterocycles. The van der Waals surface area contributed by atoms with Crippen molar-refractivity contribution < 1.29 is 13.7 Å². The van der Waals surface area contributed by atoms with E-state index in [0.717, 1.165) is 31.6 Å². The van der Waals surface area contributed by atoms with Gasteiger partial charge in [0.05, 0.1) is 11.5 Å². The van der Waals surface area contributed by atoms with Crippen LogP contribution < -0.4 is 16.1 Å². The van der Waals surface area contributed by atoms with E-state index in [1.165, 1.54) is 6.07 Å². The van der Waals surface area contributed by atoms with Crippen LogP contribution in [0.2, 0.25) is 0 Å². The number of piperidine rings is 1. The molecule has 3 N–H and O–H groups in total. The van der Waals surface area contributed by atoms with Crippen LogP contribution in [0.15, 0.2) is 40.6 Å². The van der Waals surface area contributed by atoms with E-state index in [1.54, 1.807) is 24.3 Å². The van der Waals surface area contributed by atoms with Crippen molar-refractivity contribution in [2.24, 2.45) is 5.92 Å². The summed E-state index contributed by atoms with van der Waals surface area (Å²) in [5.41, 5.74) is 4.76. The molecular formula is C20H23FN6O2. The van der Waals surface area contributed by atoms with Crippen molar-refractivity contribution in [2.75, 3.05) is 13.1 Å². The Morgan fingerprint density at radius 1 is 1.24 bits per heavy atom. The van der Waals surface area contributed by atoms with Crippen molar-refractivity contribution in [3.63, 3.8) is 0 Å². The summed E-state index contributed by atoms with van der Waals surface area (Å²) in [6.45, 7) is 3.90. The van der Waals surface area contributed by atoms with Crippen LogP contribution in [0.25, 0.3) is 11.4 Å². The number of hydrogen-bond donors (Lipinski definition) is 3. The molecule has 2 aromatic rings. The molecule has 8 nitrogen and oxygen atoms in total. The zero-order chi connectivity index (χ0) is 20.0. The Kier molecular flexibility index (Phi) is 4.56. The molecule has 1 aromatic heterocycles. The smallest absolute Gasteiger partial charge is 0.247 e. The van der Waals surface area contributed by atoms with Crippen LogP contribution in [-0.4, -0.2) is 46.4 Å². The molecule has 29 heavy (non-hydrogen) atoms. The highest BCUT2D eigenvalue weighted by molar-refractivity contribution is 5.89. The van der Waals surface area contributed by atoms with Gasteiger partial charge in [0.2, 0.25) is 17.6 Å². The number of carbonyl (C=O) groups excluding carboxylic acids is 1. The van der Waals surface area contributed by atoms with Gasteiger partial charge in [0.15, 0.2) is 0 Å². The lowest BCUT2D eigenvalue weighted by Crippen LogP contribution is -2.54. The summed E-state index contributed by atoms with van der Waals surface area (Å²) in [7, 11) is 0. The van der Waals surface area contributed by atoms with Crippen LogP contribution in [0, 0.1) is 11.7 Å². The van der Waals surface area contributed by atoms with Gasteiger partial charge < -0.3 is 15.2 Å². The summed E-state index contributed by atoms with van der Waals surface area (Å²) in [6.07, 6.45) is 3.33. The molecule has 9 heteroatoms. The van der Waals surface area contributed by atoms with Gasteiger partial charge in [-0.3, -0.25) is 9.80 Å². The van der Waals surface area contributed by atoms with Crippen LogP contribution in [0.5, 0.6) is 0 Å². The van der Waals surface area contributed by atoms with E-state index < -0.39 is 5.82 Å². The van der Waals surface area contributed by atoms with E-state index >= 15 is 0 Å². The normalized spacial score (nSPS) is 27.5. The first-order chi connectivity index (χ1) is 14.1. The quantitative estimate of drug-likeness (QED) is 0.721. The second kappa shape index (κ2) is 7.23. The standard InChI is InChI=1S/C20H23FN6O2/c1-11-17(20-24-18(26-29-20)13-4-2-3-5-14(13)21)19-23-16(28)10-15(27(19)25-11)12-6-8-22-9-7-12/h2-5,10-12,17,19,22,25H,6-9H2,1H3,(H,23,28). The maximum Gasteiger partial charge on any atom is 0.247 e. The number of aromatic nitrogens is 2. The Bertz CT molecular complexity index is 954. The van der Waals surface area contributed by atoms with Gasteiger partial charge in [-0.2, -0.15) is 4.98 Å². The first-order valence-corrected chi connectivity index (χ1v) is 9.98. The van der Waals surface area contributed by atoms with Gasteiger partial charge in [-0.05, 0) is 45.0 Å². The number of nitrogens with one attached hydrogen (secondary N) is 3. The van der Waals surface area contributed by atoms with Crippen molar-refractivity contribution in [2.45, 2.75) is 37.9 Å². The fourth-order valence-corrected chi connectivity index (χ4v) is 4.50. The molecule has 3 unspecified atom stereocenters. The van der Waals surface area contributed by atoms with Gasteiger partial charge in [-0.15, -0.1) is 0 Å². The fourth-order valence-electron chi connectivity index (χ4n) is 4.50. The second-order valence-electron chi connectivity index (χ2n) is 7.80. The molecule has 152 valence electrons. The Balaban J connectivity index is 1.45. The van der Waals surface area contributed by atoms with E-state index in [4.69, 9.17) is 4.52 Å². The van der Waals surface area contributed by atoms with Crippen LogP contribution in [0.3, 0.4) is 0 Å². The molecule has 0 radical (unpaired) electrons. The largest absolute Gasteiger partial charge is 0.338 e. The third-order valence-corrected chi connectivity index (χ3v) is 5.95. The Hall–Kier alpha value is -2.78. The average Bonchev–Trinajstić information content (AvgIpc) is 3.32. The number of nitrogens with zero attached hydrogens (tertiary/aromatic N) is 3. The predicted molar refractivity (Wildman–Crippen MR) is 102 cm³/mol. The molecular weight excluding hydrogens is 375 g/mol. The average molecular weight is 398 g/mol. The van der Waals surface area contributed by atoms with Gasteiger partial charge in [0, 0.05) is 23.7 Å². The first-order valence-electron chi connectivity index (χ1n) is 9.98. The maximum atomic E-state index is 14.1. The summed E-state index contributed by atoms with van der Waals surface area (Å²) >= 11 is 0. The number of amides is 1. The lowest BCUT2D eigenvalue weighted by atomic mass is 9.91. The van der Waals surface area contributed by atoms with Gasteiger partial charge in [0.25, 0.3) is 0 Å². The minimum atomic E-state index is -0.402. The van der Waals surface area contributed by atoms with Crippen LogP contribution >= 0.6 is 0 Å². The van der Waals surface area contributed by atoms with Gasteiger partial charge in [0.1, 0.15) is 12.0 Å². The lowest BCUT2D eigenvalue weighted by molar-refractivity contribution is -0.119. The van der Waals surface area contributed by atoms with E-state index in [-0.39, 0.29) is 29.9 Å². The fraction of sp³-hybridized carbons (Fsp3) is 0.450. The summed E-state index contributed by atoms with van der Waals surface area (Å²) in [6, 6.07) is 6.29. The highest BCUT2D eigenvalue weighted by Crippen LogP contribution is 2.37. The summed E-state index contributed by atoms with van der Waals surface area (Å²) in [5, 5.41) is 12.4. The van der Waals surface area contributed by atoms with E-state index in [1.807, 2.05) is 11.9 Å². The molecule has 3 aliphatic heterocycles. The van der Waals surface area contributed by atoms with Crippen LogP contribution in [0.4, 0.5) is 4.39 Å². The number of hydrazine groups is 1. The molecule has 3 aliphatic rings. The number of benzene rings is 1. The zero-order valence-electron chi connectivity index (χ0n) is 16.1. The lowest BCUT2D eigenvalue weighted by Gasteiger charge is -2.38. The van der Waals surface area contributed by atoms with Crippen molar-refractivity contribution in [3.8, 4) is 11.4 Å².